The van der Waals surface area contributed by atoms with Gasteiger partial charge in [-0.15, -0.1) is 0 Å². The van der Waals surface area contributed by atoms with Gasteiger partial charge in [-0.1, -0.05) is 34.8 Å². The van der Waals surface area contributed by atoms with Gasteiger partial charge >= 0.3 is 5.97 Å². The molecule has 1 aliphatic rings. The number of Topliss-reactive ketones (excluding diaryl/α,β-unsaturated/α-hetero) is 1. The Morgan fingerprint density at radius 2 is 1.76 bits per heavy atom. The van der Waals surface area contributed by atoms with E-state index in [4.69, 9.17) is 44.3 Å². The lowest BCUT2D eigenvalue weighted by molar-refractivity contribution is -0.139. The lowest BCUT2D eigenvalue weighted by Gasteiger charge is -2.24. The molecule has 3 aromatic rings. The molecule has 0 aromatic heterocycles. The number of aryl methyl sites for hydroxylation is 1. The molecule has 5 nitrogen and oxygen atoms in total. The molecular weight excluding hydrogens is 499 g/mol. The van der Waals surface area contributed by atoms with Crippen LogP contribution in [0.15, 0.2) is 54.6 Å². The van der Waals surface area contributed by atoms with Crippen molar-refractivity contribution in [1.29, 1.82) is 0 Å². The Kier molecular flexibility index (Phi) is 7.67. The summed E-state index contributed by atoms with van der Waals surface area (Å²) >= 11 is 18.5. The number of ketones is 1. The Morgan fingerprint density at radius 1 is 1.00 bits per heavy atom. The summed E-state index contributed by atoms with van der Waals surface area (Å²) in [5.41, 5.74) is 2.04. The zero-order valence-electron chi connectivity index (χ0n) is 18.0. The monoisotopic (exact) mass is 518 g/mol. The van der Waals surface area contributed by atoms with Crippen molar-refractivity contribution in [1.82, 2.24) is 0 Å². The van der Waals surface area contributed by atoms with E-state index in [-0.39, 0.29) is 10.8 Å². The van der Waals surface area contributed by atoms with E-state index in [1.807, 2.05) is 6.07 Å². The van der Waals surface area contributed by atoms with Gasteiger partial charge in [0.2, 0.25) is 0 Å². The second-order valence-electron chi connectivity index (χ2n) is 7.99. The van der Waals surface area contributed by atoms with Crippen molar-refractivity contribution in [3.63, 3.8) is 0 Å². The zero-order valence-corrected chi connectivity index (χ0v) is 20.3. The Morgan fingerprint density at radius 3 is 2.50 bits per heavy atom. The van der Waals surface area contributed by atoms with E-state index in [1.54, 1.807) is 48.5 Å². The smallest absolute Gasteiger partial charge is 0.311 e. The molecule has 0 saturated carbocycles. The Balaban J connectivity index is 1.38. The first-order chi connectivity index (χ1) is 16.3. The third kappa shape index (κ3) is 5.66. The summed E-state index contributed by atoms with van der Waals surface area (Å²) in [6.07, 6.45) is 2.08. The average molecular weight is 520 g/mol. The van der Waals surface area contributed by atoms with E-state index in [1.165, 1.54) is 0 Å². The van der Waals surface area contributed by atoms with Crippen molar-refractivity contribution in [3.05, 3.63) is 86.4 Å². The minimum absolute atomic E-state index is 0.0182. The van der Waals surface area contributed by atoms with Crippen molar-refractivity contribution in [2.75, 3.05) is 6.61 Å². The topological polar surface area (TPSA) is 72.8 Å². The largest absolute Gasteiger partial charge is 0.493 e. The van der Waals surface area contributed by atoms with Crippen LogP contribution < -0.4 is 9.47 Å². The molecule has 1 unspecified atom stereocenters. The van der Waals surface area contributed by atoms with Gasteiger partial charge in [-0.05, 0) is 73.4 Å². The number of hydrogen-bond donors (Lipinski definition) is 1. The number of fused-ring (bicyclic) bond motifs is 1. The highest BCUT2D eigenvalue weighted by Gasteiger charge is 2.29. The van der Waals surface area contributed by atoms with Crippen molar-refractivity contribution in [2.24, 2.45) is 0 Å². The Labute approximate surface area is 212 Å². The van der Waals surface area contributed by atoms with Crippen LogP contribution in [-0.2, 0) is 11.2 Å². The quantitative estimate of drug-likeness (QED) is 0.310. The van der Waals surface area contributed by atoms with Crippen LogP contribution in [0.4, 0.5) is 0 Å². The van der Waals surface area contributed by atoms with Gasteiger partial charge in [0.1, 0.15) is 17.2 Å². The predicted molar refractivity (Wildman–Crippen MR) is 132 cm³/mol. The first-order valence-corrected chi connectivity index (χ1v) is 11.9. The van der Waals surface area contributed by atoms with E-state index >= 15 is 0 Å². The molecule has 0 aliphatic carbocycles. The maximum Gasteiger partial charge on any atom is 0.311 e. The first-order valence-electron chi connectivity index (χ1n) is 10.8. The minimum atomic E-state index is -0.912. The normalized spacial score (nSPS) is 14.7. The molecule has 176 valence electrons. The van der Waals surface area contributed by atoms with Crippen molar-refractivity contribution >= 4 is 46.6 Å². The van der Waals surface area contributed by atoms with Gasteiger partial charge < -0.3 is 14.6 Å². The van der Waals surface area contributed by atoms with Crippen LogP contribution in [0.2, 0.25) is 15.1 Å². The van der Waals surface area contributed by atoms with E-state index in [2.05, 4.69) is 0 Å². The van der Waals surface area contributed by atoms with Gasteiger partial charge in [0, 0.05) is 33.7 Å². The van der Waals surface area contributed by atoms with Crippen LogP contribution in [0.25, 0.3) is 0 Å². The number of halogens is 3. The van der Waals surface area contributed by atoms with Crippen LogP contribution in [-0.4, -0.2) is 23.5 Å². The minimum Gasteiger partial charge on any atom is -0.493 e. The summed E-state index contributed by atoms with van der Waals surface area (Å²) in [5, 5.41) is 11.0. The van der Waals surface area contributed by atoms with Gasteiger partial charge in [0.25, 0.3) is 0 Å². The molecule has 4 rings (SSSR count). The van der Waals surface area contributed by atoms with Gasteiger partial charge in [-0.2, -0.15) is 0 Å². The van der Waals surface area contributed by atoms with Crippen molar-refractivity contribution in [2.45, 2.75) is 31.6 Å². The number of carbonyl (C=O) groups excluding carboxylic acids is 1. The summed E-state index contributed by atoms with van der Waals surface area (Å²) in [6.45, 7) is 0.311. The maximum atomic E-state index is 12.6. The van der Waals surface area contributed by atoms with Crippen molar-refractivity contribution in [3.8, 4) is 17.2 Å². The molecule has 0 saturated heterocycles. The van der Waals surface area contributed by atoms with Crippen LogP contribution in [0.5, 0.6) is 17.2 Å². The van der Waals surface area contributed by atoms with E-state index in [9.17, 15) is 14.7 Å². The maximum absolute atomic E-state index is 12.6. The fourth-order valence-corrected chi connectivity index (χ4v) is 4.50. The second kappa shape index (κ2) is 10.7. The summed E-state index contributed by atoms with van der Waals surface area (Å²) < 4.78 is 11.5. The number of hydrogen-bond acceptors (Lipinski definition) is 4. The highest BCUT2D eigenvalue weighted by Crippen LogP contribution is 2.41. The van der Waals surface area contributed by atoms with Gasteiger partial charge in [0.15, 0.2) is 5.78 Å². The predicted octanol–water partition coefficient (Wildman–Crippen LogP) is 7.60. The number of rotatable bonds is 8. The Hall–Kier alpha value is -2.73. The van der Waals surface area contributed by atoms with Gasteiger partial charge in [-0.25, -0.2) is 0 Å². The molecule has 1 N–H and O–H groups in total. The molecule has 1 atom stereocenters. The Bertz CT molecular complexity index is 1220. The summed E-state index contributed by atoms with van der Waals surface area (Å²) in [4.78, 5) is 24.1. The standard InChI is InChI=1S/C26H21Cl3O5/c27-17-6-9-21(28)16(12-17)2-1-3-23(30)15-4-7-18(8-5-15)34-25-14-24-20(13-22(25)29)19(26(31)32)10-11-33-24/h4-9,12-14,19H,1-3,10-11H2,(H,31,32). The number of benzene rings is 3. The molecule has 34 heavy (non-hydrogen) atoms. The average Bonchev–Trinajstić information content (AvgIpc) is 2.81. The molecule has 0 amide bonds. The third-order valence-corrected chi connectivity index (χ3v) is 6.56. The fraction of sp³-hybridized carbons (Fsp3) is 0.231. The molecule has 0 spiro atoms. The third-order valence-electron chi connectivity index (χ3n) is 5.66. The molecule has 0 bridgehead atoms. The van der Waals surface area contributed by atoms with Crippen LogP contribution in [0, 0.1) is 0 Å². The van der Waals surface area contributed by atoms with Crippen LogP contribution >= 0.6 is 34.8 Å². The second-order valence-corrected chi connectivity index (χ2v) is 9.24. The number of aliphatic carboxylic acids is 1. The van der Waals surface area contributed by atoms with Crippen LogP contribution in [0.3, 0.4) is 0 Å². The van der Waals surface area contributed by atoms with E-state index < -0.39 is 11.9 Å². The molecule has 1 heterocycles. The summed E-state index contributed by atoms with van der Waals surface area (Å²) in [6, 6.07) is 15.3. The number of carboxylic acid groups (broad SMARTS) is 1. The zero-order chi connectivity index (χ0) is 24.2. The fourth-order valence-electron chi connectivity index (χ4n) is 3.88. The molecule has 3 aromatic carbocycles. The number of carbonyl (C=O) groups is 2. The summed E-state index contributed by atoms with van der Waals surface area (Å²) in [7, 11) is 0. The van der Waals surface area contributed by atoms with E-state index in [0.29, 0.717) is 70.7 Å². The highest BCUT2D eigenvalue weighted by atomic mass is 35.5. The molecule has 0 radical (unpaired) electrons. The molecular formula is C26H21Cl3O5. The van der Waals surface area contributed by atoms with Crippen molar-refractivity contribution < 1.29 is 24.2 Å². The lowest BCUT2D eigenvalue weighted by Crippen LogP contribution is -2.20. The highest BCUT2D eigenvalue weighted by molar-refractivity contribution is 6.33. The summed E-state index contributed by atoms with van der Waals surface area (Å²) in [5.74, 6) is -0.256. The van der Waals surface area contributed by atoms with Gasteiger partial charge in [-0.3, -0.25) is 9.59 Å². The molecule has 8 heteroatoms. The number of carboxylic acids is 1. The number of ether oxygens (including phenoxy) is 2. The lowest BCUT2D eigenvalue weighted by atomic mass is 9.93. The molecule has 0 fully saturated rings. The van der Waals surface area contributed by atoms with Crippen LogP contribution in [0.1, 0.15) is 46.7 Å². The van der Waals surface area contributed by atoms with Gasteiger partial charge in [0.05, 0.1) is 17.5 Å². The molecule has 1 aliphatic heterocycles. The SMILES string of the molecule is O=C(CCCc1cc(Cl)ccc1Cl)c1ccc(Oc2cc3c(cc2Cl)C(C(=O)O)CCO3)cc1. The van der Waals surface area contributed by atoms with E-state index in [0.717, 1.165) is 5.56 Å². The first kappa shape index (κ1) is 24.4.